The van der Waals surface area contributed by atoms with E-state index in [0.29, 0.717) is 24.1 Å². The first kappa shape index (κ1) is 17.7. The second kappa shape index (κ2) is 7.92. The van der Waals surface area contributed by atoms with Crippen molar-refractivity contribution in [1.29, 1.82) is 0 Å². The molecule has 1 saturated heterocycles. The van der Waals surface area contributed by atoms with Gasteiger partial charge >= 0.3 is 0 Å². The summed E-state index contributed by atoms with van der Waals surface area (Å²) in [7, 11) is 2.19. The number of ether oxygens (including phenoxy) is 1. The number of hydrogen-bond acceptors (Lipinski definition) is 5. The number of nitrogen functional groups attached to an aromatic ring is 1. The van der Waals surface area contributed by atoms with Crippen molar-refractivity contribution in [1.82, 2.24) is 9.88 Å². The monoisotopic (exact) mass is 362 g/mol. The van der Waals surface area contributed by atoms with E-state index in [1.54, 1.807) is 0 Å². The van der Waals surface area contributed by atoms with E-state index >= 15 is 0 Å². The number of aromatic nitrogens is 1. The summed E-state index contributed by atoms with van der Waals surface area (Å²) in [4.78, 5) is 11.5. The van der Waals surface area contributed by atoms with Gasteiger partial charge in [-0.3, -0.25) is 4.99 Å². The number of nitrogens with two attached hydrogens (primary N) is 1. The molecule has 0 aliphatic carbocycles. The molecule has 2 aliphatic heterocycles. The summed E-state index contributed by atoms with van der Waals surface area (Å²) in [6.07, 6.45) is 7.10. The van der Waals surface area contributed by atoms with E-state index in [9.17, 15) is 0 Å². The Balaban J connectivity index is 1.41. The lowest BCUT2D eigenvalue weighted by molar-refractivity contribution is 0.251. The molecule has 1 aromatic heterocycles. The minimum absolute atomic E-state index is 0.421. The van der Waals surface area contributed by atoms with Crippen molar-refractivity contribution in [2.24, 2.45) is 10.9 Å². The molecule has 27 heavy (non-hydrogen) atoms. The third-order valence-corrected chi connectivity index (χ3v) is 5.44. The number of allylic oxidation sites excluding steroid dienone is 1. The van der Waals surface area contributed by atoms with Gasteiger partial charge in [0, 0.05) is 36.0 Å². The van der Waals surface area contributed by atoms with Crippen LogP contribution >= 0.6 is 0 Å². The number of piperidine rings is 1. The summed E-state index contributed by atoms with van der Waals surface area (Å²) in [5.74, 6) is 1.65. The number of benzene rings is 1. The van der Waals surface area contributed by atoms with Crippen LogP contribution < -0.4 is 10.5 Å². The van der Waals surface area contributed by atoms with Crippen molar-refractivity contribution in [3.05, 3.63) is 59.9 Å². The minimum atomic E-state index is 0.421. The molecule has 140 valence electrons. The van der Waals surface area contributed by atoms with Crippen LogP contribution in [0.1, 0.15) is 30.4 Å². The van der Waals surface area contributed by atoms with Crippen LogP contribution in [-0.4, -0.2) is 35.7 Å². The Morgan fingerprint density at radius 1 is 1.19 bits per heavy atom. The van der Waals surface area contributed by atoms with Gasteiger partial charge < -0.3 is 15.4 Å². The molecule has 0 amide bonds. The molecule has 3 heterocycles. The maximum atomic E-state index is 6.02. The first-order valence-electron chi connectivity index (χ1n) is 9.56. The van der Waals surface area contributed by atoms with E-state index in [1.165, 1.54) is 24.1 Å². The van der Waals surface area contributed by atoms with Crippen molar-refractivity contribution < 1.29 is 4.74 Å². The number of likely N-dealkylation sites (tertiary alicyclic amines) is 1. The van der Waals surface area contributed by atoms with Gasteiger partial charge in [0.1, 0.15) is 6.61 Å². The average Bonchev–Trinajstić information content (AvgIpc) is 3.19. The number of aliphatic imine (C=N–C) groups is 1. The fraction of sp³-hybridized carbons (Fsp3) is 0.364. The molecule has 0 atom stereocenters. The molecule has 4 rings (SSSR count). The fourth-order valence-electron chi connectivity index (χ4n) is 3.70. The molecule has 0 spiro atoms. The Kier molecular flexibility index (Phi) is 5.21. The van der Waals surface area contributed by atoms with Gasteiger partial charge in [0.05, 0.1) is 0 Å². The van der Waals surface area contributed by atoms with Gasteiger partial charge in [0.25, 0.3) is 0 Å². The number of hydrogen-bond donors (Lipinski definition) is 1. The molecular formula is C22H26N4O. The molecular weight excluding hydrogens is 336 g/mol. The van der Waals surface area contributed by atoms with Gasteiger partial charge in [-0.2, -0.15) is 0 Å². The fourth-order valence-corrected chi connectivity index (χ4v) is 3.70. The van der Waals surface area contributed by atoms with Crippen LogP contribution in [0.2, 0.25) is 0 Å². The largest absolute Gasteiger partial charge is 0.485 e. The lowest BCUT2D eigenvalue weighted by Crippen LogP contribution is -2.33. The highest BCUT2D eigenvalue weighted by Crippen LogP contribution is 2.32. The second-order valence-electron chi connectivity index (χ2n) is 7.41. The van der Waals surface area contributed by atoms with Gasteiger partial charge in [-0.25, -0.2) is 4.98 Å². The van der Waals surface area contributed by atoms with Crippen molar-refractivity contribution in [3.8, 4) is 5.75 Å². The summed E-state index contributed by atoms with van der Waals surface area (Å²) in [6.45, 7) is 2.78. The molecule has 2 aromatic rings. The van der Waals surface area contributed by atoms with Crippen molar-refractivity contribution in [2.75, 3.05) is 25.9 Å². The Morgan fingerprint density at radius 3 is 2.74 bits per heavy atom. The maximum Gasteiger partial charge on any atom is 0.166 e. The van der Waals surface area contributed by atoms with E-state index in [-0.39, 0.29) is 0 Å². The first-order valence-corrected chi connectivity index (χ1v) is 9.56. The Hall–Kier alpha value is -2.66. The number of nitrogens with zero attached hydrogens (tertiary/aromatic N) is 3. The third kappa shape index (κ3) is 4.19. The van der Waals surface area contributed by atoms with Crippen molar-refractivity contribution in [3.63, 3.8) is 0 Å². The Bertz CT molecular complexity index is 852. The normalized spacial score (nSPS) is 18.3. The summed E-state index contributed by atoms with van der Waals surface area (Å²) in [5, 5.41) is 0. The smallest absolute Gasteiger partial charge is 0.166 e. The van der Waals surface area contributed by atoms with Gasteiger partial charge in [-0.05, 0) is 50.2 Å². The van der Waals surface area contributed by atoms with Gasteiger partial charge in [0.15, 0.2) is 11.6 Å². The van der Waals surface area contributed by atoms with E-state index in [1.807, 2.05) is 48.8 Å². The zero-order valence-corrected chi connectivity index (χ0v) is 15.8. The van der Waals surface area contributed by atoms with Crippen LogP contribution in [0.15, 0.2) is 53.8 Å². The molecule has 0 bridgehead atoms. The van der Waals surface area contributed by atoms with Crippen LogP contribution in [0, 0.1) is 5.92 Å². The van der Waals surface area contributed by atoms with Crippen LogP contribution in [0.5, 0.6) is 5.75 Å². The zero-order valence-electron chi connectivity index (χ0n) is 15.8. The molecule has 0 unspecified atom stereocenters. The van der Waals surface area contributed by atoms with Crippen LogP contribution in [0.3, 0.4) is 0 Å². The SMILES string of the molecule is CN1CCC(C2=NC=C(c3cnc(N)c(OCc4ccccc4)c3)C2)CC1. The molecule has 2 N–H and O–H groups in total. The number of anilines is 1. The standard InChI is InChI=1S/C22H26N4O/c1-26-9-7-17(8-10-26)20-11-18(13-24-20)19-12-21(22(23)25-14-19)27-15-16-5-3-2-4-6-16/h2-6,12-14,17H,7-11,15H2,1H3,(H2,23,25). The first-order chi connectivity index (χ1) is 13.2. The van der Waals surface area contributed by atoms with E-state index < -0.39 is 0 Å². The highest BCUT2D eigenvalue weighted by molar-refractivity contribution is 5.99. The maximum absolute atomic E-state index is 6.02. The minimum Gasteiger partial charge on any atom is -0.485 e. The highest BCUT2D eigenvalue weighted by Gasteiger charge is 2.25. The molecule has 0 saturated carbocycles. The van der Waals surface area contributed by atoms with Gasteiger partial charge in [-0.15, -0.1) is 0 Å². The summed E-state index contributed by atoms with van der Waals surface area (Å²) in [5.41, 5.74) is 10.7. The van der Waals surface area contributed by atoms with Crippen molar-refractivity contribution >= 4 is 17.1 Å². The van der Waals surface area contributed by atoms with Gasteiger partial charge in [0.2, 0.25) is 0 Å². The molecule has 0 radical (unpaired) electrons. The summed E-state index contributed by atoms with van der Waals surface area (Å²) >= 11 is 0. The second-order valence-corrected chi connectivity index (χ2v) is 7.41. The summed E-state index contributed by atoms with van der Waals surface area (Å²) in [6, 6.07) is 12.1. The van der Waals surface area contributed by atoms with Crippen LogP contribution in [0.4, 0.5) is 5.82 Å². The molecule has 1 fully saturated rings. The molecule has 1 aromatic carbocycles. The van der Waals surface area contributed by atoms with Crippen LogP contribution in [-0.2, 0) is 6.61 Å². The highest BCUT2D eigenvalue weighted by atomic mass is 16.5. The topological polar surface area (TPSA) is 63.7 Å². The predicted molar refractivity (Wildman–Crippen MR) is 110 cm³/mol. The molecule has 5 heteroatoms. The Morgan fingerprint density at radius 2 is 1.96 bits per heavy atom. The van der Waals surface area contributed by atoms with Crippen molar-refractivity contribution in [2.45, 2.75) is 25.9 Å². The third-order valence-electron chi connectivity index (χ3n) is 5.44. The quantitative estimate of drug-likeness (QED) is 0.879. The van der Waals surface area contributed by atoms with Gasteiger partial charge in [-0.1, -0.05) is 30.3 Å². The molecule has 5 nitrogen and oxygen atoms in total. The van der Waals surface area contributed by atoms with E-state index in [0.717, 1.165) is 30.6 Å². The number of rotatable bonds is 5. The zero-order chi connectivity index (χ0) is 18.6. The van der Waals surface area contributed by atoms with Crippen LogP contribution in [0.25, 0.3) is 5.57 Å². The Labute approximate surface area is 160 Å². The van der Waals surface area contributed by atoms with E-state index in [4.69, 9.17) is 15.5 Å². The predicted octanol–water partition coefficient (Wildman–Crippen LogP) is 3.77. The number of pyridine rings is 1. The molecule has 2 aliphatic rings. The lowest BCUT2D eigenvalue weighted by atomic mass is 9.89. The lowest BCUT2D eigenvalue weighted by Gasteiger charge is -2.29. The average molecular weight is 362 g/mol. The summed E-state index contributed by atoms with van der Waals surface area (Å²) < 4.78 is 5.92. The van der Waals surface area contributed by atoms with E-state index in [2.05, 4.69) is 16.9 Å².